The molecule has 1 aliphatic heterocycles. The van der Waals surface area contributed by atoms with E-state index >= 15 is 0 Å². The number of carboxylic acids is 2. The molecule has 0 aromatic rings. The van der Waals surface area contributed by atoms with Crippen molar-refractivity contribution in [2.45, 2.75) is 6.17 Å². The third-order valence-corrected chi connectivity index (χ3v) is 2.04. The van der Waals surface area contributed by atoms with E-state index in [0.717, 1.165) is 0 Å². The van der Waals surface area contributed by atoms with Crippen molar-refractivity contribution in [3.63, 3.8) is 0 Å². The standard InChI is InChI=1S/C3H3N7O8.C2H2O4.2H4N2.HNO3/c4-5-2(8(13)14)1(7(11)12)3(9(15)16)6(5)10(17)18;3-1(4)2(5)6;2*1-2;2-1(3)4/h2H,4H2;(H,3,4)(H,5,6);2*1-2H2;(H,2,3,4). The lowest BCUT2D eigenvalue weighted by molar-refractivity contribution is -0.742. The van der Waals surface area contributed by atoms with Gasteiger partial charge in [0.05, 0.1) is 15.0 Å². The SMILES string of the molecule is NN.NN.NN1C([N+](=O)[O-])C([N+](=O)[O-])=C([N+](=O)[O-])N1[N+](=O)[O-].O=C(O)C(=O)O.O=[N+]([O-])O. The molecule has 0 saturated heterocycles. The fourth-order valence-electron chi connectivity index (χ4n) is 1.26. The molecule has 1 atom stereocenters. The summed E-state index contributed by atoms with van der Waals surface area (Å²) < 4.78 is 0. The number of hydrazine groups is 5. The van der Waals surface area contributed by atoms with E-state index in [1.807, 2.05) is 0 Å². The third-order valence-electron chi connectivity index (χ3n) is 2.04. The molecular weight excluding hydrogens is 468 g/mol. The summed E-state index contributed by atoms with van der Waals surface area (Å²) in [5.74, 6) is 15.6. The van der Waals surface area contributed by atoms with Crippen molar-refractivity contribution in [2.24, 2.45) is 29.2 Å². The Morgan fingerprint density at radius 1 is 0.812 bits per heavy atom. The number of hydrogen-bond donors (Lipinski definition) is 8. The van der Waals surface area contributed by atoms with Gasteiger partial charge < -0.3 is 25.5 Å². The Labute approximate surface area is 171 Å². The molecule has 13 N–H and O–H groups in total. The van der Waals surface area contributed by atoms with Gasteiger partial charge in [-0.05, 0) is 4.92 Å². The van der Waals surface area contributed by atoms with Crippen LogP contribution in [-0.2, 0) is 9.59 Å². The zero-order chi connectivity index (χ0) is 26.9. The number of nitrogens with two attached hydrogens (primary N) is 5. The Morgan fingerprint density at radius 2 is 1.12 bits per heavy atom. The summed E-state index contributed by atoms with van der Waals surface area (Å²) in [5, 5.41) is 68.2. The van der Waals surface area contributed by atoms with Crippen LogP contribution in [0.5, 0.6) is 0 Å². The lowest BCUT2D eigenvalue weighted by atomic mass is 10.4. The molecule has 1 heterocycles. The van der Waals surface area contributed by atoms with Crippen LogP contribution in [0.15, 0.2) is 11.5 Å². The minimum atomic E-state index is -2.52. The molecule has 0 aromatic heterocycles. The number of aliphatic carboxylic acids is 2. The predicted octanol–water partition coefficient (Wildman–Crippen LogP) is -5.64. The van der Waals surface area contributed by atoms with Gasteiger partial charge in [0.2, 0.25) is 0 Å². The molecule has 0 amide bonds. The number of nitro groups is 4. The van der Waals surface area contributed by atoms with Crippen LogP contribution in [0, 0.1) is 50.6 Å². The fraction of sp³-hybridized carbons (Fsp3) is 0.200. The Balaban J connectivity index is -0.000000231. The highest BCUT2D eigenvalue weighted by Gasteiger charge is 2.67. The lowest BCUT2D eigenvalue weighted by Crippen LogP contribution is -2.53. The van der Waals surface area contributed by atoms with E-state index in [-0.39, 0.29) is 5.12 Å². The van der Waals surface area contributed by atoms with Crippen LogP contribution in [-0.4, -0.2) is 68.6 Å². The predicted molar refractivity (Wildman–Crippen MR) is 87.5 cm³/mol. The van der Waals surface area contributed by atoms with E-state index in [0.29, 0.717) is 0 Å². The van der Waals surface area contributed by atoms with Crippen molar-refractivity contribution in [2.75, 3.05) is 0 Å². The number of rotatable bonds is 4. The quantitative estimate of drug-likeness (QED) is 0.0800. The van der Waals surface area contributed by atoms with Crippen LogP contribution in [0.2, 0.25) is 0 Å². The van der Waals surface area contributed by atoms with E-state index in [1.165, 1.54) is 0 Å². The van der Waals surface area contributed by atoms with Gasteiger partial charge in [0.25, 0.3) is 10.1 Å². The summed E-state index contributed by atoms with van der Waals surface area (Å²) in [6.07, 6.45) is -2.52. The second-order valence-electron chi connectivity index (χ2n) is 3.64. The summed E-state index contributed by atoms with van der Waals surface area (Å²) in [4.78, 5) is 64.4. The van der Waals surface area contributed by atoms with Crippen LogP contribution in [0.25, 0.3) is 0 Å². The molecule has 32 heavy (non-hydrogen) atoms. The van der Waals surface area contributed by atoms with Crippen LogP contribution in [0.4, 0.5) is 0 Å². The molecule has 27 nitrogen and oxygen atoms in total. The monoisotopic (exact) mass is 482 g/mol. The Bertz CT molecular complexity index is 691. The number of nitrogens with zero attached hydrogens (tertiary/aromatic N) is 7. The molecule has 184 valence electrons. The lowest BCUT2D eigenvalue weighted by Gasteiger charge is -2.08. The smallest absolute Gasteiger partial charge is 0.473 e. The molecule has 1 aliphatic rings. The van der Waals surface area contributed by atoms with Crippen LogP contribution in [0.1, 0.15) is 0 Å². The Hall–Kier alpha value is -4.96. The topological polar surface area (TPSA) is 447 Å². The van der Waals surface area contributed by atoms with Crippen molar-refractivity contribution >= 4 is 11.9 Å². The van der Waals surface area contributed by atoms with Crippen molar-refractivity contribution in [1.29, 1.82) is 0 Å². The molecule has 0 aromatic carbocycles. The zero-order valence-electron chi connectivity index (χ0n) is 14.8. The first-order chi connectivity index (χ1) is 14.6. The Kier molecular flexibility index (Phi) is 18.3. The zero-order valence-corrected chi connectivity index (χ0v) is 14.8. The average Bonchev–Trinajstić information content (AvgIpc) is 2.99. The van der Waals surface area contributed by atoms with Crippen molar-refractivity contribution in [1.82, 2.24) is 10.2 Å². The first-order valence-corrected chi connectivity index (χ1v) is 6.18. The van der Waals surface area contributed by atoms with Crippen molar-refractivity contribution < 1.29 is 49.9 Å². The normalized spacial score (nSPS) is 13.8. The third kappa shape index (κ3) is 11.8. The van der Waals surface area contributed by atoms with E-state index in [9.17, 15) is 40.5 Å². The highest BCUT2D eigenvalue weighted by Crippen LogP contribution is 2.27. The molecule has 0 aliphatic carbocycles. The molecule has 0 spiro atoms. The molecule has 0 radical (unpaired) electrons. The Morgan fingerprint density at radius 3 is 1.28 bits per heavy atom. The van der Waals surface area contributed by atoms with E-state index in [1.54, 1.807) is 0 Å². The minimum Gasteiger partial charge on any atom is -0.473 e. The largest absolute Gasteiger partial charge is 0.492 e. The maximum absolute atomic E-state index is 10.6. The number of carbonyl (C=O) groups is 2. The highest BCUT2D eigenvalue weighted by atomic mass is 16.9. The molecule has 27 heteroatoms. The molecule has 0 saturated carbocycles. The van der Waals surface area contributed by atoms with Gasteiger partial charge in [-0.2, -0.15) is 0 Å². The molecule has 1 unspecified atom stereocenters. The molecule has 0 fully saturated rings. The van der Waals surface area contributed by atoms with E-state index < -0.39 is 59.6 Å². The second kappa shape index (κ2) is 16.9. The summed E-state index contributed by atoms with van der Waals surface area (Å²) in [5.41, 5.74) is -1.59. The van der Waals surface area contributed by atoms with E-state index in [2.05, 4.69) is 23.4 Å². The summed E-state index contributed by atoms with van der Waals surface area (Å²) in [7, 11) is 0. The van der Waals surface area contributed by atoms with Gasteiger partial charge in [0, 0.05) is 0 Å². The molecule has 0 bridgehead atoms. The van der Waals surface area contributed by atoms with Gasteiger partial charge in [0.15, 0.2) is 5.12 Å². The van der Waals surface area contributed by atoms with Gasteiger partial charge in [-0.3, -0.25) is 43.6 Å². The van der Waals surface area contributed by atoms with Gasteiger partial charge in [-0.1, -0.05) is 0 Å². The molecule has 1 rings (SSSR count). The first-order valence-electron chi connectivity index (χ1n) is 6.18. The van der Waals surface area contributed by atoms with Gasteiger partial charge in [-0.15, -0.1) is 10.1 Å². The summed E-state index contributed by atoms with van der Waals surface area (Å²) in [6, 6.07) is 0. The average molecular weight is 482 g/mol. The number of carboxylic acid groups (broad SMARTS) is 2. The van der Waals surface area contributed by atoms with Crippen molar-refractivity contribution in [3.05, 3.63) is 62.1 Å². The summed E-state index contributed by atoms with van der Waals surface area (Å²) in [6.45, 7) is 0. The maximum atomic E-state index is 10.6. The van der Waals surface area contributed by atoms with Crippen LogP contribution < -0.4 is 29.2 Å². The molecular formula is C5H14N12O15. The first kappa shape index (κ1) is 34.5. The highest BCUT2D eigenvalue weighted by molar-refractivity contribution is 6.27. The second-order valence-corrected chi connectivity index (χ2v) is 3.64. The van der Waals surface area contributed by atoms with Gasteiger partial charge in [0.1, 0.15) is 0 Å². The van der Waals surface area contributed by atoms with Crippen LogP contribution >= 0.6 is 0 Å². The fourth-order valence-corrected chi connectivity index (χ4v) is 1.26. The maximum Gasteiger partial charge on any atom is 0.492 e. The van der Waals surface area contributed by atoms with E-state index in [4.69, 9.17) is 41.0 Å². The summed E-state index contributed by atoms with van der Waals surface area (Å²) >= 11 is 0. The number of hydrogen-bond acceptors (Lipinski definition) is 18. The van der Waals surface area contributed by atoms with Crippen LogP contribution in [0.3, 0.4) is 0 Å². The van der Waals surface area contributed by atoms with Crippen molar-refractivity contribution in [3.8, 4) is 0 Å². The minimum absolute atomic E-state index is 0.309. The van der Waals surface area contributed by atoms with Gasteiger partial charge in [-0.25, -0.2) is 25.5 Å². The van der Waals surface area contributed by atoms with Gasteiger partial charge >= 0.3 is 29.6 Å².